The van der Waals surface area contributed by atoms with Crippen molar-refractivity contribution in [2.45, 2.75) is 27.2 Å². The smallest absolute Gasteiger partial charge is 0.236 e. The van der Waals surface area contributed by atoms with Gasteiger partial charge in [0.05, 0.1) is 11.4 Å². The Bertz CT molecular complexity index is 497. The summed E-state index contributed by atoms with van der Waals surface area (Å²) in [5.74, 6) is -0.242. The predicted molar refractivity (Wildman–Crippen MR) is 71.9 cm³/mol. The van der Waals surface area contributed by atoms with Crippen molar-refractivity contribution in [1.82, 2.24) is 0 Å². The molecule has 2 amide bonds. The summed E-state index contributed by atoms with van der Waals surface area (Å²) in [6, 6.07) is 5.86. The van der Waals surface area contributed by atoms with E-state index in [0.717, 1.165) is 16.9 Å². The van der Waals surface area contributed by atoms with Crippen LogP contribution in [0.4, 0.5) is 11.4 Å². The molecule has 0 bridgehead atoms. The van der Waals surface area contributed by atoms with Crippen molar-refractivity contribution in [3.05, 3.63) is 23.8 Å². The highest BCUT2D eigenvalue weighted by Gasteiger charge is 2.29. The molecule has 0 aliphatic carbocycles. The Labute approximate surface area is 107 Å². The number of fused-ring (bicyclic) bond motifs is 1. The highest BCUT2D eigenvalue weighted by atomic mass is 16.2. The average molecular weight is 246 g/mol. The second kappa shape index (κ2) is 4.80. The van der Waals surface area contributed by atoms with Crippen LogP contribution in [-0.2, 0) is 9.59 Å². The molecular weight excluding hydrogens is 228 g/mol. The molecule has 4 heteroatoms. The lowest BCUT2D eigenvalue weighted by molar-refractivity contribution is -0.126. The molecule has 0 unspecified atom stereocenters. The molecule has 0 N–H and O–H groups in total. The molecule has 0 aromatic heterocycles. The van der Waals surface area contributed by atoms with Crippen LogP contribution in [0.25, 0.3) is 0 Å². The van der Waals surface area contributed by atoms with E-state index < -0.39 is 0 Å². The third-order valence-corrected chi connectivity index (χ3v) is 3.25. The summed E-state index contributed by atoms with van der Waals surface area (Å²) in [4.78, 5) is 27.5. The number of carbonyl (C=O) groups is 2. The first-order valence-electron chi connectivity index (χ1n) is 6.29. The minimum Gasteiger partial charge on any atom is -0.310 e. The molecule has 1 aromatic rings. The average Bonchev–Trinajstić information content (AvgIpc) is 2.42. The highest BCUT2D eigenvalue weighted by Crippen LogP contribution is 2.33. The Kier molecular flexibility index (Phi) is 3.36. The minimum absolute atomic E-state index is 0.0462. The van der Waals surface area contributed by atoms with Gasteiger partial charge in [0.1, 0.15) is 6.42 Å². The molecule has 0 saturated heterocycles. The van der Waals surface area contributed by atoms with E-state index in [9.17, 15) is 9.59 Å². The Morgan fingerprint density at radius 3 is 2.11 bits per heavy atom. The van der Waals surface area contributed by atoms with Gasteiger partial charge in [0.2, 0.25) is 11.8 Å². The molecule has 4 nitrogen and oxygen atoms in total. The fourth-order valence-corrected chi connectivity index (χ4v) is 2.36. The fraction of sp³-hybridized carbons (Fsp3) is 0.429. The van der Waals surface area contributed by atoms with Gasteiger partial charge in [-0.2, -0.15) is 0 Å². The van der Waals surface area contributed by atoms with Gasteiger partial charge in [0.15, 0.2) is 0 Å². The molecule has 0 atom stereocenters. The van der Waals surface area contributed by atoms with Crippen LogP contribution in [0.5, 0.6) is 0 Å². The molecule has 1 aromatic carbocycles. The zero-order valence-electron chi connectivity index (χ0n) is 11.1. The van der Waals surface area contributed by atoms with Crippen LogP contribution in [0.2, 0.25) is 0 Å². The van der Waals surface area contributed by atoms with Crippen LogP contribution >= 0.6 is 0 Å². The molecule has 0 saturated carbocycles. The van der Waals surface area contributed by atoms with Crippen molar-refractivity contribution in [3.8, 4) is 0 Å². The normalized spacial score (nSPS) is 15.7. The van der Waals surface area contributed by atoms with Gasteiger partial charge in [-0.3, -0.25) is 9.59 Å². The first-order chi connectivity index (χ1) is 8.58. The largest absolute Gasteiger partial charge is 0.310 e. The predicted octanol–water partition coefficient (Wildman–Crippen LogP) is 2.10. The van der Waals surface area contributed by atoms with E-state index in [0.29, 0.717) is 13.1 Å². The third kappa shape index (κ3) is 1.98. The molecule has 1 heterocycles. The van der Waals surface area contributed by atoms with E-state index in [-0.39, 0.29) is 18.2 Å². The Morgan fingerprint density at radius 1 is 1.00 bits per heavy atom. The Hall–Kier alpha value is -1.84. The molecule has 2 rings (SSSR count). The number of hydrogen-bond donors (Lipinski definition) is 0. The van der Waals surface area contributed by atoms with Crippen molar-refractivity contribution in [3.63, 3.8) is 0 Å². The molecule has 1 aliphatic heterocycles. The van der Waals surface area contributed by atoms with E-state index in [1.54, 1.807) is 9.80 Å². The SMILES string of the molecule is CCN1C(=O)CC(=O)N(CC)c2cc(C)ccc21. The van der Waals surface area contributed by atoms with Crippen LogP contribution < -0.4 is 9.80 Å². The van der Waals surface area contributed by atoms with Crippen LogP contribution in [0.15, 0.2) is 18.2 Å². The van der Waals surface area contributed by atoms with Gasteiger partial charge in [-0.1, -0.05) is 6.07 Å². The first kappa shape index (κ1) is 12.6. The molecular formula is C14H18N2O2. The number of carbonyl (C=O) groups excluding carboxylic acids is 2. The molecule has 18 heavy (non-hydrogen) atoms. The molecule has 96 valence electrons. The number of aryl methyl sites for hydroxylation is 1. The summed E-state index contributed by atoms with van der Waals surface area (Å²) in [7, 11) is 0. The second-order valence-electron chi connectivity index (χ2n) is 4.44. The van der Waals surface area contributed by atoms with Gasteiger partial charge in [-0.05, 0) is 38.5 Å². The van der Waals surface area contributed by atoms with Crippen molar-refractivity contribution in [2.75, 3.05) is 22.9 Å². The van der Waals surface area contributed by atoms with Gasteiger partial charge in [-0.15, -0.1) is 0 Å². The molecule has 0 radical (unpaired) electrons. The number of benzene rings is 1. The van der Waals surface area contributed by atoms with E-state index in [1.807, 2.05) is 39.0 Å². The summed E-state index contributed by atoms with van der Waals surface area (Å²) in [5.41, 5.74) is 2.77. The van der Waals surface area contributed by atoms with Gasteiger partial charge in [0.25, 0.3) is 0 Å². The van der Waals surface area contributed by atoms with Crippen LogP contribution in [-0.4, -0.2) is 24.9 Å². The summed E-state index contributed by atoms with van der Waals surface area (Å²) >= 11 is 0. The Morgan fingerprint density at radius 2 is 1.56 bits per heavy atom. The quantitative estimate of drug-likeness (QED) is 0.750. The summed E-state index contributed by atoms with van der Waals surface area (Å²) in [6.07, 6.45) is -0.0462. The number of rotatable bonds is 2. The van der Waals surface area contributed by atoms with Crippen molar-refractivity contribution in [2.24, 2.45) is 0 Å². The maximum absolute atomic E-state index is 12.1. The lowest BCUT2D eigenvalue weighted by atomic mass is 10.1. The third-order valence-electron chi connectivity index (χ3n) is 3.25. The number of anilines is 2. The van der Waals surface area contributed by atoms with Gasteiger partial charge >= 0.3 is 0 Å². The number of amides is 2. The van der Waals surface area contributed by atoms with Crippen molar-refractivity contribution in [1.29, 1.82) is 0 Å². The zero-order valence-corrected chi connectivity index (χ0v) is 11.1. The maximum Gasteiger partial charge on any atom is 0.236 e. The van der Waals surface area contributed by atoms with E-state index in [1.165, 1.54) is 0 Å². The monoisotopic (exact) mass is 246 g/mol. The summed E-state index contributed by atoms with van der Waals surface area (Å²) in [5, 5.41) is 0. The van der Waals surface area contributed by atoms with Crippen molar-refractivity contribution >= 4 is 23.2 Å². The fourth-order valence-electron chi connectivity index (χ4n) is 2.36. The topological polar surface area (TPSA) is 40.6 Å². The number of nitrogens with zero attached hydrogens (tertiary/aromatic N) is 2. The number of hydrogen-bond acceptors (Lipinski definition) is 2. The minimum atomic E-state index is -0.122. The second-order valence-corrected chi connectivity index (χ2v) is 4.44. The van der Waals surface area contributed by atoms with Crippen LogP contribution in [0.3, 0.4) is 0 Å². The van der Waals surface area contributed by atoms with Gasteiger partial charge in [-0.25, -0.2) is 0 Å². The van der Waals surface area contributed by atoms with Crippen LogP contribution in [0, 0.1) is 6.92 Å². The maximum atomic E-state index is 12.1. The lowest BCUT2D eigenvalue weighted by Crippen LogP contribution is -2.32. The van der Waals surface area contributed by atoms with Gasteiger partial charge < -0.3 is 9.80 Å². The highest BCUT2D eigenvalue weighted by molar-refractivity contribution is 6.15. The van der Waals surface area contributed by atoms with Crippen molar-refractivity contribution < 1.29 is 9.59 Å². The lowest BCUT2D eigenvalue weighted by Gasteiger charge is -2.24. The van der Waals surface area contributed by atoms with E-state index in [4.69, 9.17) is 0 Å². The molecule has 0 spiro atoms. The molecule has 1 aliphatic rings. The summed E-state index contributed by atoms with van der Waals surface area (Å²) in [6.45, 7) is 7.01. The summed E-state index contributed by atoms with van der Waals surface area (Å²) < 4.78 is 0. The van der Waals surface area contributed by atoms with Crippen LogP contribution in [0.1, 0.15) is 25.8 Å². The first-order valence-corrected chi connectivity index (χ1v) is 6.29. The van der Waals surface area contributed by atoms with E-state index >= 15 is 0 Å². The Balaban J connectivity index is 2.62. The zero-order chi connectivity index (χ0) is 13.3. The molecule has 0 fully saturated rings. The van der Waals surface area contributed by atoms with Gasteiger partial charge in [0, 0.05) is 13.1 Å². The van der Waals surface area contributed by atoms with E-state index in [2.05, 4.69) is 0 Å². The standard InChI is InChI=1S/C14H18N2O2/c1-4-15-11-7-6-10(3)8-12(11)16(5-2)14(18)9-13(15)17/h6-8H,4-5,9H2,1-3H3.